The summed E-state index contributed by atoms with van der Waals surface area (Å²) in [4.78, 5) is 33.3. The summed E-state index contributed by atoms with van der Waals surface area (Å²) in [5.41, 5.74) is 5.26. The normalized spacial score (nSPS) is 10.9. The fourth-order valence-corrected chi connectivity index (χ4v) is 3.93. The molecule has 5 aromatic rings. The van der Waals surface area contributed by atoms with E-state index in [2.05, 4.69) is 30.2 Å². The van der Waals surface area contributed by atoms with E-state index in [0.29, 0.717) is 5.82 Å². The summed E-state index contributed by atoms with van der Waals surface area (Å²) in [6.07, 6.45) is 7.12. The summed E-state index contributed by atoms with van der Waals surface area (Å²) in [5.74, 6) is 0.325. The summed E-state index contributed by atoms with van der Waals surface area (Å²) in [6.45, 7) is 0. The standard InChI is InChI=1S/C22H16N6OS/c29-18(13-19-25-10-11-30-19)28-17-12-14(6-9-24-17)21-20(15-4-1-2-7-23-15)22-16(27-21)5-3-8-26-22/h1-12,27H,13H2,(H,24,28,29). The summed E-state index contributed by atoms with van der Waals surface area (Å²) < 4.78 is 0. The second-order valence-corrected chi connectivity index (χ2v) is 7.55. The summed E-state index contributed by atoms with van der Waals surface area (Å²) in [7, 11) is 0. The van der Waals surface area contributed by atoms with Crippen molar-refractivity contribution in [1.82, 2.24) is 24.9 Å². The first-order chi connectivity index (χ1) is 14.8. The fourth-order valence-electron chi connectivity index (χ4n) is 3.32. The van der Waals surface area contributed by atoms with Gasteiger partial charge in [0, 0.05) is 35.7 Å². The van der Waals surface area contributed by atoms with E-state index >= 15 is 0 Å². The third-order valence-corrected chi connectivity index (χ3v) is 5.37. The Balaban J connectivity index is 1.53. The lowest BCUT2D eigenvalue weighted by Gasteiger charge is -2.07. The molecule has 0 saturated heterocycles. The first-order valence-electron chi connectivity index (χ1n) is 9.30. The highest BCUT2D eigenvalue weighted by Gasteiger charge is 2.17. The van der Waals surface area contributed by atoms with E-state index in [-0.39, 0.29) is 12.3 Å². The molecule has 0 fully saturated rings. The minimum absolute atomic E-state index is 0.155. The van der Waals surface area contributed by atoms with E-state index < -0.39 is 0 Å². The van der Waals surface area contributed by atoms with E-state index in [1.165, 1.54) is 11.3 Å². The largest absolute Gasteiger partial charge is 0.353 e. The Labute approximate surface area is 175 Å². The Bertz CT molecular complexity index is 1310. The predicted molar refractivity (Wildman–Crippen MR) is 117 cm³/mol. The molecule has 0 spiro atoms. The van der Waals surface area contributed by atoms with Gasteiger partial charge in [0.2, 0.25) is 5.91 Å². The van der Waals surface area contributed by atoms with Gasteiger partial charge in [-0.1, -0.05) is 6.07 Å². The van der Waals surface area contributed by atoms with Gasteiger partial charge >= 0.3 is 0 Å². The molecule has 0 aliphatic rings. The first kappa shape index (κ1) is 18.1. The van der Waals surface area contributed by atoms with Gasteiger partial charge < -0.3 is 10.3 Å². The fraction of sp³-hybridized carbons (Fsp3) is 0.0455. The summed E-state index contributed by atoms with van der Waals surface area (Å²) in [5, 5.41) is 5.47. The van der Waals surface area contributed by atoms with Crippen molar-refractivity contribution in [3.63, 3.8) is 0 Å². The SMILES string of the molecule is O=C(Cc1nccs1)Nc1cc(-c2[nH]c3cccnc3c2-c2ccccn2)ccn1. The molecule has 5 aromatic heterocycles. The molecule has 5 rings (SSSR count). The van der Waals surface area contributed by atoms with Gasteiger partial charge in [-0.2, -0.15) is 0 Å². The van der Waals surface area contributed by atoms with Gasteiger partial charge in [-0.3, -0.25) is 14.8 Å². The Hall–Kier alpha value is -3.91. The van der Waals surface area contributed by atoms with Crippen LogP contribution in [0.4, 0.5) is 5.82 Å². The van der Waals surface area contributed by atoms with Crippen LogP contribution in [0.3, 0.4) is 0 Å². The Kier molecular flexibility index (Phi) is 4.74. The number of pyridine rings is 3. The van der Waals surface area contributed by atoms with Gasteiger partial charge in [0.15, 0.2) is 0 Å². The third kappa shape index (κ3) is 3.56. The van der Waals surface area contributed by atoms with E-state index in [9.17, 15) is 4.79 Å². The number of amides is 1. The Morgan fingerprint density at radius 1 is 0.967 bits per heavy atom. The van der Waals surface area contributed by atoms with Crippen LogP contribution in [0.15, 0.2) is 72.6 Å². The summed E-state index contributed by atoms with van der Waals surface area (Å²) in [6, 6.07) is 13.4. The summed E-state index contributed by atoms with van der Waals surface area (Å²) >= 11 is 1.45. The van der Waals surface area contributed by atoms with Crippen molar-refractivity contribution in [3.05, 3.63) is 77.6 Å². The van der Waals surface area contributed by atoms with Crippen LogP contribution >= 0.6 is 11.3 Å². The number of nitrogens with zero attached hydrogens (tertiary/aromatic N) is 4. The zero-order chi connectivity index (χ0) is 20.3. The van der Waals surface area contributed by atoms with Crippen molar-refractivity contribution in [3.8, 4) is 22.5 Å². The molecule has 30 heavy (non-hydrogen) atoms. The lowest BCUT2D eigenvalue weighted by atomic mass is 10.0. The molecule has 0 radical (unpaired) electrons. The van der Waals surface area contributed by atoms with Gasteiger partial charge in [0.1, 0.15) is 10.8 Å². The lowest BCUT2D eigenvalue weighted by molar-refractivity contribution is -0.115. The van der Waals surface area contributed by atoms with Gasteiger partial charge in [-0.15, -0.1) is 11.3 Å². The van der Waals surface area contributed by atoms with Crippen molar-refractivity contribution < 1.29 is 4.79 Å². The van der Waals surface area contributed by atoms with Crippen LogP contribution in [-0.4, -0.2) is 30.8 Å². The highest BCUT2D eigenvalue weighted by Crippen LogP contribution is 2.36. The quantitative estimate of drug-likeness (QED) is 0.448. The van der Waals surface area contributed by atoms with Crippen LogP contribution in [0.25, 0.3) is 33.5 Å². The maximum absolute atomic E-state index is 12.3. The number of aromatic amines is 1. The molecule has 0 aliphatic carbocycles. The molecule has 0 unspecified atom stereocenters. The Morgan fingerprint density at radius 3 is 2.73 bits per heavy atom. The van der Waals surface area contributed by atoms with Crippen LogP contribution in [0.2, 0.25) is 0 Å². The van der Waals surface area contributed by atoms with Gasteiger partial charge in [0.25, 0.3) is 0 Å². The molecule has 0 atom stereocenters. The van der Waals surface area contributed by atoms with Gasteiger partial charge in [0.05, 0.1) is 34.4 Å². The van der Waals surface area contributed by atoms with E-state index in [4.69, 9.17) is 0 Å². The number of hydrogen-bond acceptors (Lipinski definition) is 6. The smallest absolute Gasteiger partial charge is 0.232 e. The molecule has 8 heteroatoms. The van der Waals surface area contributed by atoms with Crippen LogP contribution in [0.5, 0.6) is 0 Å². The predicted octanol–water partition coefficient (Wildman–Crippen LogP) is 4.32. The van der Waals surface area contributed by atoms with E-state index in [1.54, 1.807) is 24.8 Å². The molecule has 7 nitrogen and oxygen atoms in total. The van der Waals surface area contributed by atoms with Crippen LogP contribution in [-0.2, 0) is 11.2 Å². The Morgan fingerprint density at radius 2 is 1.90 bits per heavy atom. The van der Waals surface area contributed by atoms with Crippen molar-refractivity contribution in [1.29, 1.82) is 0 Å². The molecule has 5 heterocycles. The molecule has 0 saturated carbocycles. The minimum Gasteiger partial charge on any atom is -0.353 e. The second kappa shape index (κ2) is 7.84. The van der Waals surface area contributed by atoms with Gasteiger partial charge in [-0.25, -0.2) is 9.97 Å². The van der Waals surface area contributed by atoms with Crippen molar-refractivity contribution in [2.24, 2.45) is 0 Å². The number of carbonyl (C=O) groups excluding carboxylic acids is 1. The maximum atomic E-state index is 12.3. The molecule has 2 N–H and O–H groups in total. The number of rotatable bonds is 5. The van der Waals surface area contributed by atoms with Crippen LogP contribution < -0.4 is 5.32 Å². The monoisotopic (exact) mass is 412 g/mol. The van der Waals surface area contributed by atoms with Crippen LogP contribution in [0.1, 0.15) is 5.01 Å². The number of H-pyrrole nitrogens is 1. The van der Waals surface area contributed by atoms with Crippen molar-refractivity contribution in [2.75, 3.05) is 5.32 Å². The highest BCUT2D eigenvalue weighted by atomic mass is 32.1. The maximum Gasteiger partial charge on any atom is 0.232 e. The van der Waals surface area contributed by atoms with Crippen molar-refractivity contribution >= 4 is 34.1 Å². The molecule has 146 valence electrons. The lowest BCUT2D eigenvalue weighted by Crippen LogP contribution is -2.15. The van der Waals surface area contributed by atoms with Gasteiger partial charge in [-0.05, 0) is 36.4 Å². The molecule has 1 amide bonds. The molecular formula is C22H16N6OS. The minimum atomic E-state index is -0.155. The first-order valence-corrected chi connectivity index (χ1v) is 10.2. The molecule has 0 aromatic carbocycles. The molecular weight excluding hydrogens is 396 g/mol. The van der Waals surface area contributed by atoms with Crippen molar-refractivity contribution in [2.45, 2.75) is 6.42 Å². The zero-order valence-electron chi connectivity index (χ0n) is 15.7. The highest BCUT2D eigenvalue weighted by molar-refractivity contribution is 7.09. The second-order valence-electron chi connectivity index (χ2n) is 6.57. The average molecular weight is 412 g/mol. The number of anilines is 1. The topological polar surface area (TPSA) is 96.5 Å². The van der Waals surface area contributed by atoms with E-state index in [0.717, 1.165) is 38.6 Å². The van der Waals surface area contributed by atoms with Crippen LogP contribution in [0, 0.1) is 0 Å². The number of hydrogen-bond donors (Lipinski definition) is 2. The molecule has 0 aliphatic heterocycles. The zero-order valence-corrected chi connectivity index (χ0v) is 16.6. The number of fused-ring (bicyclic) bond motifs is 1. The van der Waals surface area contributed by atoms with E-state index in [1.807, 2.05) is 47.8 Å². The number of carbonyl (C=O) groups is 1. The third-order valence-electron chi connectivity index (χ3n) is 4.59. The average Bonchev–Trinajstić information content (AvgIpc) is 3.42. The number of thiazole rings is 1. The number of nitrogens with one attached hydrogen (secondary N) is 2. The number of aromatic nitrogens is 5. The molecule has 0 bridgehead atoms.